The van der Waals surface area contributed by atoms with E-state index in [0.29, 0.717) is 5.82 Å². The fourth-order valence-electron chi connectivity index (χ4n) is 0.580. The number of nitrogens with zero attached hydrogens (tertiary/aromatic N) is 3. The molecule has 0 bridgehead atoms. The molecular weight excluding hydrogens is 116 g/mol. The normalized spacial score (nSPS) is 9.44. The van der Waals surface area contributed by atoms with Crippen LogP contribution in [0.2, 0.25) is 0 Å². The zero-order valence-electron chi connectivity index (χ0n) is 5.20. The lowest BCUT2D eigenvalue weighted by atomic mass is 10.3. The molecule has 1 rings (SSSR count). The molecular formula is C5H8N4. The monoisotopic (exact) mass is 124 g/mol. The van der Waals surface area contributed by atoms with Gasteiger partial charge in [0, 0.05) is 0 Å². The highest BCUT2D eigenvalue weighted by Crippen LogP contribution is 1.99. The van der Waals surface area contributed by atoms with Crippen LogP contribution >= 0.6 is 0 Å². The summed E-state index contributed by atoms with van der Waals surface area (Å²) in [6.45, 7) is 1.97. The first-order valence-electron chi connectivity index (χ1n) is 2.76. The highest BCUT2D eigenvalue weighted by atomic mass is 15.2. The third-order valence-electron chi connectivity index (χ3n) is 1.06. The third kappa shape index (κ3) is 1.13. The van der Waals surface area contributed by atoms with Crippen molar-refractivity contribution in [2.24, 2.45) is 0 Å². The van der Waals surface area contributed by atoms with E-state index in [0.717, 1.165) is 12.1 Å². The van der Waals surface area contributed by atoms with Gasteiger partial charge in [0.05, 0.1) is 5.69 Å². The molecule has 9 heavy (non-hydrogen) atoms. The van der Waals surface area contributed by atoms with Crippen molar-refractivity contribution in [3.05, 3.63) is 12.0 Å². The molecule has 0 aliphatic rings. The predicted molar refractivity (Wildman–Crippen MR) is 33.6 cm³/mol. The van der Waals surface area contributed by atoms with E-state index in [1.54, 1.807) is 0 Å². The Labute approximate surface area is 53.1 Å². The van der Waals surface area contributed by atoms with Gasteiger partial charge in [-0.3, -0.25) is 0 Å². The summed E-state index contributed by atoms with van der Waals surface area (Å²) >= 11 is 0. The number of aryl methyl sites for hydroxylation is 1. The first-order chi connectivity index (χ1) is 4.34. The summed E-state index contributed by atoms with van der Waals surface area (Å²) in [7, 11) is 0. The molecule has 0 saturated carbocycles. The quantitative estimate of drug-likeness (QED) is 0.573. The molecule has 0 aliphatic heterocycles. The fourth-order valence-corrected chi connectivity index (χ4v) is 0.580. The van der Waals surface area contributed by atoms with E-state index in [-0.39, 0.29) is 0 Å². The van der Waals surface area contributed by atoms with Crippen molar-refractivity contribution in [2.45, 2.75) is 13.3 Å². The molecule has 0 aliphatic carbocycles. The van der Waals surface area contributed by atoms with Crippen LogP contribution in [0.3, 0.4) is 0 Å². The smallest absolute Gasteiger partial charge is 0.167 e. The maximum atomic E-state index is 5.39. The van der Waals surface area contributed by atoms with Gasteiger partial charge >= 0.3 is 0 Å². The molecule has 4 heteroatoms. The van der Waals surface area contributed by atoms with Gasteiger partial charge in [0.15, 0.2) is 5.82 Å². The van der Waals surface area contributed by atoms with E-state index in [9.17, 15) is 0 Å². The van der Waals surface area contributed by atoms with Crippen LogP contribution in [0, 0.1) is 0 Å². The molecule has 0 unspecified atom stereocenters. The number of aromatic nitrogens is 3. The summed E-state index contributed by atoms with van der Waals surface area (Å²) < 4.78 is 0. The van der Waals surface area contributed by atoms with Crippen LogP contribution in [0.25, 0.3) is 0 Å². The van der Waals surface area contributed by atoms with Crippen LogP contribution in [0.4, 0.5) is 5.82 Å². The first-order valence-corrected chi connectivity index (χ1v) is 2.76. The highest BCUT2D eigenvalue weighted by Gasteiger charge is 1.95. The predicted octanol–water partition coefficient (Wildman–Crippen LogP) is 0.0162. The minimum absolute atomic E-state index is 0.431. The van der Waals surface area contributed by atoms with Crippen molar-refractivity contribution in [1.82, 2.24) is 15.2 Å². The minimum Gasteiger partial charge on any atom is -0.381 e. The summed E-state index contributed by atoms with van der Waals surface area (Å²) in [5.74, 6) is 0.431. The molecule has 0 fully saturated rings. The van der Waals surface area contributed by atoms with Crippen molar-refractivity contribution in [3.8, 4) is 0 Å². The van der Waals surface area contributed by atoms with Gasteiger partial charge in [-0.2, -0.15) is 0 Å². The molecule has 4 nitrogen and oxygen atoms in total. The number of rotatable bonds is 1. The first kappa shape index (κ1) is 5.94. The Morgan fingerprint density at radius 3 is 2.89 bits per heavy atom. The summed E-state index contributed by atoms with van der Waals surface area (Å²) in [6, 6.07) is 0. The summed E-state index contributed by atoms with van der Waals surface area (Å²) in [5, 5.41) is 7.12. The lowest BCUT2D eigenvalue weighted by Crippen LogP contribution is -2.00. The van der Waals surface area contributed by atoms with Crippen LogP contribution < -0.4 is 5.73 Å². The Balaban J connectivity index is 3.01. The highest BCUT2D eigenvalue weighted by molar-refractivity contribution is 5.30. The van der Waals surface area contributed by atoms with Gasteiger partial charge in [0.25, 0.3) is 0 Å². The number of nitrogens with two attached hydrogens (primary N) is 1. The molecule has 48 valence electrons. The molecule has 1 aromatic heterocycles. The molecule has 0 aromatic carbocycles. The molecule has 0 saturated heterocycles. The fraction of sp³-hybridized carbons (Fsp3) is 0.400. The molecule has 2 N–H and O–H groups in total. The van der Waals surface area contributed by atoms with Crippen LogP contribution in [0.15, 0.2) is 6.33 Å². The molecule has 1 heterocycles. The number of hydrogen-bond donors (Lipinski definition) is 1. The molecule has 0 spiro atoms. The Morgan fingerprint density at radius 2 is 2.44 bits per heavy atom. The lowest BCUT2D eigenvalue weighted by Gasteiger charge is -1.94. The van der Waals surface area contributed by atoms with Gasteiger partial charge in [-0.1, -0.05) is 6.92 Å². The van der Waals surface area contributed by atoms with Crippen LogP contribution in [-0.2, 0) is 6.42 Å². The van der Waals surface area contributed by atoms with E-state index in [4.69, 9.17) is 5.73 Å². The maximum absolute atomic E-state index is 5.39. The van der Waals surface area contributed by atoms with Crippen molar-refractivity contribution in [2.75, 3.05) is 5.73 Å². The second-order valence-corrected chi connectivity index (χ2v) is 1.65. The molecule has 0 radical (unpaired) electrons. The average molecular weight is 124 g/mol. The number of nitrogen functional groups attached to an aromatic ring is 1. The van der Waals surface area contributed by atoms with Crippen LogP contribution in [-0.4, -0.2) is 15.2 Å². The van der Waals surface area contributed by atoms with E-state index < -0.39 is 0 Å². The number of hydrogen-bond acceptors (Lipinski definition) is 4. The van der Waals surface area contributed by atoms with E-state index in [2.05, 4.69) is 15.2 Å². The van der Waals surface area contributed by atoms with E-state index >= 15 is 0 Å². The van der Waals surface area contributed by atoms with Crippen molar-refractivity contribution >= 4 is 5.82 Å². The van der Waals surface area contributed by atoms with Crippen molar-refractivity contribution in [3.63, 3.8) is 0 Å². The molecule has 0 amide bonds. The van der Waals surface area contributed by atoms with E-state index in [1.165, 1.54) is 6.33 Å². The zero-order valence-corrected chi connectivity index (χ0v) is 5.20. The van der Waals surface area contributed by atoms with Gasteiger partial charge < -0.3 is 5.73 Å². The van der Waals surface area contributed by atoms with Gasteiger partial charge in [-0.05, 0) is 6.42 Å². The minimum atomic E-state index is 0.431. The SMILES string of the molecule is CCc1ncnnc1N. The Morgan fingerprint density at radius 1 is 1.67 bits per heavy atom. The van der Waals surface area contributed by atoms with Gasteiger partial charge in [0.2, 0.25) is 0 Å². The Bertz CT molecular complexity index is 198. The zero-order chi connectivity index (χ0) is 6.69. The third-order valence-corrected chi connectivity index (χ3v) is 1.06. The van der Waals surface area contributed by atoms with Crippen molar-refractivity contribution in [1.29, 1.82) is 0 Å². The Hall–Kier alpha value is -1.19. The van der Waals surface area contributed by atoms with Gasteiger partial charge in [-0.25, -0.2) is 4.98 Å². The van der Waals surface area contributed by atoms with E-state index in [1.807, 2.05) is 6.92 Å². The van der Waals surface area contributed by atoms with Crippen LogP contribution in [0.1, 0.15) is 12.6 Å². The maximum Gasteiger partial charge on any atom is 0.167 e. The number of anilines is 1. The second-order valence-electron chi connectivity index (χ2n) is 1.65. The summed E-state index contributed by atoms with van der Waals surface area (Å²) in [4.78, 5) is 3.90. The topological polar surface area (TPSA) is 64.7 Å². The Kier molecular flexibility index (Phi) is 1.58. The average Bonchev–Trinajstić information content (AvgIpc) is 1.89. The summed E-state index contributed by atoms with van der Waals surface area (Å²) in [5.41, 5.74) is 6.21. The molecule has 0 atom stereocenters. The lowest BCUT2D eigenvalue weighted by molar-refractivity contribution is 0.911. The standard InChI is InChI=1S/C5H8N4/c1-2-4-5(6)9-8-3-7-4/h3H,2H2,1H3,(H2,6,9). The van der Waals surface area contributed by atoms with Gasteiger partial charge in [-0.15, -0.1) is 10.2 Å². The van der Waals surface area contributed by atoms with Gasteiger partial charge in [0.1, 0.15) is 6.33 Å². The van der Waals surface area contributed by atoms with Crippen LogP contribution in [0.5, 0.6) is 0 Å². The largest absolute Gasteiger partial charge is 0.381 e. The second kappa shape index (κ2) is 2.39. The molecule has 1 aromatic rings. The van der Waals surface area contributed by atoms with Crippen molar-refractivity contribution < 1.29 is 0 Å². The summed E-state index contributed by atoms with van der Waals surface area (Å²) in [6.07, 6.45) is 2.20.